The van der Waals surface area contributed by atoms with Gasteiger partial charge < -0.3 is 15.2 Å². The highest BCUT2D eigenvalue weighted by Crippen LogP contribution is 2.22. The Kier molecular flexibility index (Phi) is 3.79. The van der Waals surface area contributed by atoms with Crippen molar-refractivity contribution in [2.24, 2.45) is 0 Å². The van der Waals surface area contributed by atoms with Crippen LogP contribution in [0.4, 0.5) is 5.82 Å². The number of nitrogens with one attached hydrogen (secondary N) is 1. The molecule has 1 aromatic heterocycles. The zero-order valence-corrected chi connectivity index (χ0v) is 10.7. The molecule has 1 atom stereocenters. The minimum Gasteiger partial charge on any atom is -0.386 e. The molecule has 1 aromatic rings. The second kappa shape index (κ2) is 5.17. The molecule has 0 aromatic carbocycles. The summed E-state index contributed by atoms with van der Waals surface area (Å²) in [6.45, 7) is 2.73. The summed E-state index contributed by atoms with van der Waals surface area (Å²) >= 11 is 5.86. The summed E-state index contributed by atoms with van der Waals surface area (Å²) in [7, 11) is 0. The van der Waals surface area contributed by atoms with Crippen molar-refractivity contribution in [2.45, 2.75) is 18.9 Å². The molecular formula is C11H14ClN3O3. The van der Waals surface area contributed by atoms with Crippen LogP contribution in [0.3, 0.4) is 0 Å². The average molecular weight is 272 g/mol. The third-order valence-electron chi connectivity index (χ3n) is 2.80. The van der Waals surface area contributed by atoms with Crippen LogP contribution in [0.25, 0.3) is 0 Å². The van der Waals surface area contributed by atoms with E-state index in [-0.39, 0.29) is 23.9 Å². The molecule has 98 valence electrons. The van der Waals surface area contributed by atoms with Crippen LogP contribution in [0.15, 0.2) is 0 Å². The molecule has 1 saturated heterocycles. The largest absolute Gasteiger partial charge is 0.386 e. The number of nitrogens with zero attached hydrogens (tertiary/aromatic N) is 2. The topological polar surface area (TPSA) is 84.3 Å². The minimum absolute atomic E-state index is 0.106. The number of carbonyl (C=O) groups excluding carboxylic acids is 1. The number of ether oxygens (including phenoxy) is 1. The summed E-state index contributed by atoms with van der Waals surface area (Å²) in [4.78, 5) is 18.9. The smallest absolute Gasteiger partial charge is 0.156 e. The van der Waals surface area contributed by atoms with E-state index in [0.29, 0.717) is 31.0 Å². The lowest BCUT2D eigenvalue weighted by molar-refractivity contribution is 0.0381. The number of anilines is 1. The number of halogens is 1. The van der Waals surface area contributed by atoms with Crippen LogP contribution in [0.1, 0.15) is 22.6 Å². The van der Waals surface area contributed by atoms with Gasteiger partial charge in [-0.2, -0.15) is 0 Å². The maximum Gasteiger partial charge on any atom is 0.156 e. The van der Waals surface area contributed by atoms with Crippen LogP contribution in [0.5, 0.6) is 0 Å². The van der Waals surface area contributed by atoms with E-state index in [0.717, 1.165) is 0 Å². The Labute approximate surface area is 109 Å². The molecule has 2 N–H and O–H groups in total. The fourth-order valence-electron chi connectivity index (χ4n) is 1.77. The Balaban J connectivity index is 2.15. The fourth-order valence-corrected chi connectivity index (χ4v) is 2.03. The maximum absolute atomic E-state index is 10.9. The van der Waals surface area contributed by atoms with Gasteiger partial charge in [0, 0.05) is 19.6 Å². The molecule has 0 bridgehead atoms. The molecule has 2 heterocycles. The van der Waals surface area contributed by atoms with Crippen molar-refractivity contribution in [1.82, 2.24) is 9.97 Å². The summed E-state index contributed by atoms with van der Waals surface area (Å²) in [5.41, 5.74) is -0.726. The summed E-state index contributed by atoms with van der Waals surface area (Å²) in [5, 5.41) is 13.1. The van der Waals surface area contributed by atoms with Crippen LogP contribution in [0, 0.1) is 6.92 Å². The molecule has 1 unspecified atom stereocenters. The molecule has 0 radical (unpaired) electrons. The highest BCUT2D eigenvalue weighted by Gasteiger charge is 2.32. The highest BCUT2D eigenvalue weighted by molar-refractivity contribution is 6.32. The van der Waals surface area contributed by atoms with Crippen molar-refractivity contribution in [3.8, 4) is 0 Å². The van der Waals surface area contributed by atoms with E-state index in [1.54, 1.807) is 6.92 Å². The number of aldehydes is 1. The standard InChI is InChI=1S/C11H14ClN3O3/c1-7-14-9(12)8(4-16)10(15-7)13-5-11(17)2-3-18-6-11/h4,17H,2-3,5-6H2,1H3,(H,13,14,15). The minimum atomic E-state index is -0.925. The van der Waals surface area contributed by atoms with E-state index in [1.807, 2.05) is 0 Å². The summed E-state index contributed by atoms with van der Waals surface area (Å²) in [6, 6.07) is 0. The van der Waals surface area contributed by atoms with E-state index in [9.17, 15) is 9.90 Å². The van der Waals surface area contributed by atoms with Gasteiger partial charge >= 0.3 is 0 Å². The molecule has 6 nitrogen and oxygen atoms in total. The lowest BCUT2D eigenvalue weighted by Gasteiger charge is -2.21. The van der Waals surface area contributed by atoms with Gasteiger partial charge in [-0.25, -0.2) is 9.97 Å². The Morgan fingerprint density at radius 2 is 2.39 bits per heavy atom. The fraction of sp³-hybridized carbons (Fsp3) is 0.545. The molecule has 1 aliphatic rings. The lowest BCUT2D eigenvalue weighted by atomic mass is 10.0. The van der Waals surface area contributed by atoms with Crippen molar-refractivity contribution in [1.29, 1.82) is 0 Å². The van der Waals surface area contributed by atoms with Gasteiger partial charge in [-0.05, 0) is 6.92 Å². The zero-order chi connectivity index (χ0) is 13.2. The summed E-state index contributed by atoms with van der Waals surface area (Å²) in [5.74, 6) is 0.797. The second-order valence-electron chi connectivity index (χ2n) is 4.32. The van der Waals surface area contributed by atoms with E-state index in [4.69, 9.17) is 16.3 Å². The van der Waals surface area contributed by atoms with Crippen molar-refractivity contribution < 1.29 is 14.6 Å². The Bertz CT molecular complexity index is 461. The van der Waals surface area contributed by atoms with Crippen LogP contribution in [0.2, 0.25) is 5.15 Å². The number of aromatic nitrogens is 2. The van der Waals surface area contributed by atoms with Crippen LogP contribution in [-0.2, 0) is 4.74 Å². The van der Waals surface area contributed by atoms with Crippen molar-refractivity contribution >= 4 is 23.7 Å². The van der Waals surface area contributed by atoms with Crippen LogP contribution < -0.4 is 5.32 Å². The van der Waals surface area contributed by atoms with Gasteiger partial charge in [-0.3, -0.25) is 4.79 Å². The molecular weight excluding hydrogens is 258 g/mol. The van der Waals surface area contributed by atoms with Gasteiger partial charge in [0.15, 0.2) is 6.29 Å². The van der Waals surface area contributed by atoms with Crippen LogP contribution in [-0.4, -0.2) is 46.7 Å². The number of carbonyl (C=O) groups is 1. The Morgan fingerprint density at radius 1 is 1.61 bits per heavy atom. The van der Waals surface area contributed by atoms with Crippen molar-refractivity contribution in [2.75, 3.05) is 25.1 Å². The quantitative estimate of drug-likeness (QED) is 0.623. The predicted molar refractivity (Wildman–Crippen MR) is 66.0 cm³/mol. The molecule has 1 aliphatic heterocycles. The number of rotatable bonds is 4. The monoisotopic (exact) mass is 271 g/mol. The van der Waals surface area contributed by atoms with Gasteiger partial charge in [-0.15, -0.1) is 0 Å². The maximum atomic E-state index is 10.9. The Morgan fingerprint density at radius 3 is 3.00 bits per heavy atom. The Hall–Kier alpha value is -1.24. The van der Waals surface area contributed by atoms with E-state index in [1.165, 1.54) is 0 Å². The molecule has 0 amide bonds. The van der Waals surface area contributed by atoms with Gasteiger partial charge in [0.05, 0.1) is 12.2 Å². The zero-order valence-electron chi connectivity index (χ0n) is 9.94. The SMILES string of the molecule is Cc1nc(Cl)c(C=O)c(NCC2(O)CCOC2)n1. The first-order chi connectivity index (χ1) is 8.54. The van der Waals surface area contributed by atoms with Gasteiger partial charge in [0.1, 0.15) is 22.4 Å². The number of aliphatic hydroxyl groups is 1. The molecule has 0 saturated carbocycles. The van der Waals surface area contributed by atoms with E-state index >= 15 is 0 Å². The highest BCUT2D eigenvalue weighted by atomic mass is 35.5. The number of hydrogen-bond acceptors (Lipinski definition) is 6. The molecule has 0 spiro atoms. The van der Waals surface area contributed by atoms with Crippen molar-refractivity contribution in [3.05, 3.63) is 16.5 Å². The first-order valence-corrected chi connectivity index (χ1v) is 5.95. The van der Waals surface area contributed by atoms with Gasteiger partial charge in [-0.1, -0.05) is 11.6 Å². The van der Waals surface area contributed by atoms with Crippen molar-refractivity contribution in [3.63, 3.8) is 0 Å². The normalized spacial score (nSPS) is 23.1. The molecule has 0 aliphatic carbocycles. The lowest BCUT2D eigenvalue weighted by Crippen LogP contribution is -2.37. The van der Waals surface area contributed by atoms with E-state index in [2.05, 4.69) is 15.3 Å². The molecule has 18 heavy (non-hydrogen) atoms. The summed E-state index contributed by atoms with van der Waals surface area (Å²) in [6.07, 6.45) is 1.15. The molecule has 2 rings (SSSR count). The third kappa shape index (κ3) is 2.77. The molecule has 7 heteroatoms. The second-order valence-corrected chi connectivity index (χ2v) is 4.68. The average Bonchev–Trinajstić information content (AvgIpc) is 2.73. The number of aryl methyl sites for hydroxylation is 1. The van der Waals surface area contributed by atoms with Gasteiger partial charge in [0.2, 0.25) is 0 Å². The third-order valence-corrected chi connectivity index (χ3v) is 3.08. The van der Waals surface area contributed by atoms with Crippen LogP contribution >= 0.6 is 11.6 Å². The summed E-state index contributed by atoms with van der Waals surface area (Å²) < 4.78 is 5.13. The van der Waals surface area contributed by atoms with E-state index < -0.39 is 5.60 Å². The first-order valence-electron chi connectivity index (χ1n) is 5.57. The van der Waals surface area contributed by atoms with Gasteiger partial charge in [0.25, 0.3) is 0 Å². The first kappa shape index (κ1) is 13.2. The predicted octanol–water partition coefficient (Wildman–Crippen LogP) is 0.814. The molecule has 1 fully saturated rings. The number of hydrogen-bond donors (Lipinski definition) is 2.